The molecule has 7 rings (SSSR count). The number of benzene rings is 2. The average Bonchev–Trinajstić information content (AvgIpc) is 3.61. The predicted molar refractivity (Wildman–Crippen MR) is 197 cm³/mol. The van der Waals surface area contributed by atoms with Crippen molar-refractivity contribution in [3.05, 3.63) is 61.3 Å². The van der Waals surface area contributed by atoms with Crippen LogP contribution in [0.1, 0.15) is 50.2 Å². The van der Waals surface area contributed by atoms with E-state index < -0.39 is 12.8 Å². The quantitative estimate of drug-likeness (QED) is 0.162. The molecule has 1 N–H and O–H groups in total. The zero-order chi connectivity index (χ0) is 36.6. The Morgan fingerprint density at radius 1 is 1.02 bits per heavy atom. The molecule has 0 saturated carbocycles. The van der Waals surface area contributed by atoms with Gasteiger partial charge in [-0.25, -0.2) is 0 Å². The molecule has 13 heteroatoms. The second-order valence-electron chi connectivity index (χ2n) is 14.1. The number of carbonyl (C=O) groups is 1. The Morgan fingerprint density at radius 2 is 1.75 bits per heavy atom. The van der Waals surface area contributed by atoms with Crippen molar-refractivity contribution in [2.24, 2.45) is 5.41 Å². The average molecular weight is 716 g/mol. The predicted octanol–water partition coefficient (Wildman–Crippen LogP) is 7.27. The molecule has 3 aliphatic heterocycles. The van der Waals surface area contributed by atoms with Crippen LogP contribution in [0.5, 0.6) is 11.8 Å². The maximum Gasteiger partial charge on any atom is 0.422 e. The maximum absolute atomic E-state index is 14.0. The van der Waals surface area contributed by atoms with Gasteiger partial charge in [0.2, 0.25) is 5.91 Å². The van der Waals surface area contributed by atoms with Crippen LogP contribution in [-0.4, -0.2) is 101 Å². The summed E-state index contributed by atoms with van der Waals surface area (Å²) in [5, 5.41) is 8.41. The Bertz CT molecular complexity index is 2000. The summed E-state index contributed by atoms with van der Waals surface area (Å²) in [6.45, 7) is 17.7. The molecule has 3 aliphatic rings. The molecule has 0 bridgehead atoms. The van der Waals surface area contributed by atoms with Gasteiger partial charge in [-0.05, 0) is 68.0 Å². The maximum atomic E-state index is 14.0. The van der Waals surface area contributed by atoms with Crippen LogP contribution in [0, 0.1) is 5.41 Å². The van der Waals surface area contributed by atoms with Crippen molar-refractivity contribution >= 4 is 45.7 Å². The van der Waals surface area contributed by atoms with Crippen molar-refractivity contribution in [3.63, 3.8) is 0 Å². The number of amides is 1. The normalized spacial score (nSPS) is 18.1. The molecule has 0 radical (unpaired) electrons. The fourth-order valence-electron chi connectivity index (χ4n) is 7.98. The summed E-state index contributed by atoms with van der Waals surface area (Å²) >= 11 is 0. The number of hydrogen-bond donors (Lipinski definition) is 1. The molecule has 0 aliphatic carbocycles. The molecule has 52 heavy (non-hydrogen) atoms. The first-order valence-electron chi connectivity index (χ1n) is 17.9. The highest BCUT2D eigenvalue weighted by atomic mass is 19.4. The number of piperidine rings is 2. The van der Waals surface area contributed by atoms with Gasteiger partial charge in [0, 0.05) is 66.6 Å². The summed E-state index contributed by atoms with van der Waals surface area (Å²) in [5.41, 5.74) is 3.16. The third-order valence-corrected chi connectivity index (χ3v) is 10.7. The number of aromatic amines is 1. The first-order chi connectivity index (χ1) is 25.0. The highest BCUT2D eigenvalue weighted by molar-refractivity contribution is 6.08. The molecular weight excluding hydrogens is 671 g/mol. The van der Waals surface area contributed by atoms with Gasteiger partial charge in [-0.15, -0.1) is 0 Å². The lowest BCUT2D eigenvalue weighted by Crippen LogP contribution is -2.61. The number of rotatable bonds is 11. The van der Waals surface area contributed by atoms with Crippen LogP contribution in [0.4, 0.5) is 19.0 Å². The lowest BCUT2D eigenvalue weighted by Gasteiger charge is -2.54. The Balaban J connectivity index is 1.37. The van der Waals surface area contributed by atoms with Crippen molar-refractivity contribution in [1.29, 1.82) is 0 Å². The Hall–Kier alpha value is -4.91. The summed E-state index contributed by atoms with van der Waals surface area (Å²) in [5.74, 6) is 0.453. The fraction of sp³-hybridized carbons (Fsp3) is 0.436. The van der Waals surface area contributed by atoms with E-state index in [9.17, 15) is 18.0 Å². The topological polar surface area (TPSA) is 99.7 Å². The molecular formula is C39H44F3N7O3. The van der Waals surface area contributed by atoms with Crippen LogP contribution in [-0.2, 0) is 4.79 Å². The monoisotopic (exact) mass is 715 g/mol. The summed E-state index contributed by atoms with van der Waals surface area (Å²) < 4.78 is 54.3. The minimum Gasteiger partial charge on any atom is -0.481 e. The van der Waals surface area contributed by atoms with Gasteiger partial charge in [0.15, 0.2) is 12.4 Å². The number of ether oxygens (including phenoxy) is 2. The summed E-state index contributed by atoms with van der Waals surface area (Å²) in [6, 6.07) is 5.67. The van der Waals surface area contributed by atoms with E-state index in [4.69, 9.17) is 19.4 Å². The van der Waals surface area contributed by atoms with Gasteiger partial charge in [-0.2, -0.15) is 28.2 Å². The number of nitrogens with zero attached hydrogens (tertiary/aromatic N) is 6. The van der Waals surface area contributed by atoms with Crippen LogP contribution >= 0.6 is 0 Å². The van der Waals surface area contributed by atoms with E-state index >= 15 is 0 Å². The van der Waals surface area contributed by atoms with Crippen molar-refractivity contribution in [3.8, 4) is 22.9 Å². The van der Waals surface area contributed by atoms with Gasteiger partial charge in [0.05, 0.1) is 11.7 Å². The molecule has 3 saturated heterocycles. The number of hydrogen-bond acceptors (Lipinski definition) is 8. The molecule has 10 nitrogen and oxygen atoms in total. The smallest absolute Gasteiger partial charge is 0.422 e. The van der Waals surface area contributed by atoms with E-state index in [1.54, 1.807) is 23.2 Å². The SMILES string of the molecule is C=CC(=O)N1CC2(CCN(c3nc(OC4CCN(CCC)CC4)nc4c(OCC(F)(F)F)c(-c5c(C=C)ccc6[nH]ncc56)c(C=C)cc34)CC2)C1. The molecule has 0 atom stereocenters. The van der Waals surface area contributed by atoms with E-state index in [2.05, 4.69) is 46.7 Å². The van der Waals surface area contributed by atoms with E-state index in [0.29, 0.717) is 70.5 Å². The highest BCUT2D eigenvalue weighted by Crippen LogP contribution is 2.48. The molecule has 4 aromatic rings. The second kappa shape index (κ2) is 14.3. The lowest BCUT2D eigenvalue weighted by atomic mass is 9.72. The molecule has 2 aromatic heterocycles. The number of likely N-dealkylation sites (tertiary alicyclic amines) is 2. The molecule has 3 fully saturated rings. The highest BCUT2D eigenvalue weighted by Gasteiger charge is 2.46. The first-order valence-corrected chi connectivity index (χ1v) is 17.9. The summed E-state index contributed by atoms with van der Waals surface area (Å²) in [7, 11) is 0. The van der Waals surface area contributed by atoms with Gasteiger partial charge in [-0.1, -0.05) is 44.9 Å². The molecule has 274 valence electrons. The van der Waals surface area contributed by atoms with Crippen molar-refractivity contribution in [1.82, 2.24) is 30.0 Å². The summed E-state index contributed by atoms with van der Waals surface area (Å²) in [4.78, 5) is 28.4. The van der Waals surface area contributed by atoms with Gasteiger partial charge < -0.3 is 24.2 Å². The van der Waals surface area contributed by atoms with Crippen LogP contribution in [0.2, 0.25) is 0 Å². The van der Waals surface area contributed by atoms with Crippen LogP contribution in [0.3, 0.4) is 0 Å². The van der Waals surface area contributed by atoms with Crippen molar-refractivity contribution in [2.45, 2.75) is 51.3 Å². The zero-order valence-corrected chi connectivity index (χ0v) is 29.5. The summed E-state index contributed by atoms with van der Waals surface area (Å²) in [6.07, 6.45) is 5.76. The third-order valence-electron chi connectivity index (χ3n) is 10.7. The van der Waals surface area contributed by atoms with Crippen molar-refractivity contribution in [2.75, 3.05) is 57.3 Å². The van der Waals surface area contributed by atoms with Gasteiger partial charge in [0.25, 0.3) is 0 Å². The minimum atomic E-state index is -4.62. The first kappa shape index (κ1) is 35.5. The molecule has 5 heterocycles. The number of fused-ring (bicyclic) bond motifs is 2. The van der Waals surface area contributed by atoms with E-state index in [0.717, 1.165) is 51.7 Å². The number of halogens is 3. The lowest BCUT2D eigenvalue weighted by molar-refractivity contribution is -0.153. The standard InChI is InChI=1S/C39H44F3N7O3/c1-5-15-47-16-11-27(12-17-47)52-37-44-34-28(36(45-37)48-18-13-38(14-19-48)22-49(23-38)31(50)8-4)20-26(7-3)33(35(34)51-24-39(40,41)42)32-25(6-2)9-10-30-29(32)21-43-46-30/h6-10,20-21,27H,2-5,11-19,22-24H2,1H3,(H,43,46). The zero-order valence-electron chi connectivity index (χ0n) is 29.5. The molecule has 2 aromatic carbocycles. The van der Waals surface area contributed by atoms with Crippen LogP contribution < -0.4 is 14.4 Å². The van der Waals surface area contributed by atoms with Gasteiger partial charge in [-0.3, -0.25) is 9.89 Å². The Kier molecular flexibility index (Phi) is 9.73. The van der Waals surface area contributed by atoms with Gasteiger partial charge in [0.1, 0.15) is 17.4 Å². The number of nitrogens with one attached hydrogen (secondary N) is 1. The van der Waals surface area contributed by atoms with Crippen molar-refractivity contribution < 1.29 is 27.4 Å². The molecule has 0 unspecified atom stereocenters. The number of aromatic nitrogens is 4. The number of H-pyrrole nitrogens is 1. The number of alkyl halides is 3. The fourth-order valence-corrected chi connectivity index (χ4v) is 7.98. The van der Waals surface area contributed by atoms with E-state index in [1.165, 1.54) is 6.08 Å². The number of anilines is 1. The largest absolute Gasteiger partial charge is 0.481 e. The minimum absolute atomic E-state index is 0.00852. The second-order valence-corrected chi connectivity index (χ2v) is 14.1. The molecule has 1 spiro atoms. The van der Waals surface area contributed by atoms with E-state index in [-0.39, 0.29) is 34.7 Å². The van der Waals surface area contributed by atoms with Crippen LogP contribution in [0.25, 0.3) is 45.1 Å². The van der Waals surface area contributed by atoms with E-state index in [1.807, 2.05) is 18.2 Å². The number of carbonyl (C=O) groups excluding carboxylic acids is 1. The Morgan fingerprint density at radius 3 is 2.40 bits per heavy atom. The van der Waals surface area contributed by atoms with Gasteiger partial charge >= 0.3 is 12.2 Å². The third kappa shape index (κ3) is 6.85. The van der Waals surface area contributed by atoms with Crippen LogP contribution in [0.15, 0.2) is 50.2 Å². The molecule has 1 amide bonds. The Labute approximate surface area is 301 Å².